The number of nitrogens with zero attached hydrogens (tertiary/aromatic N) is 1. The van der Waals surface area contributed by atoms with Crippen molar-refractivity contribution in [2.75, 3.05) is 16.0 Å². The molecule has 0 spiro atoms. The summed E-state index contributed by atoms with van der Waals surface area (Å²) in [5, 5.41) is 2.67. The average molecular weight is 406 g/mol. The summed E-state index contributed by atoms with van der Waals surface area (Å²) in [7, 11) is 0. The molecule has 1 aliphatic heterocycles. The number of hydrogen-bond acceptors (Lipinski definition) is 3. The molecule has 2 amide bonds. The van der Waals surface area contributed by atoms with Crippen LogP contribution in [0.15, 0.2) is 72.8 Å². The van der Waals surface area contributed by atoms with E-state index in [0.29, 0.717) is 22.7 Å². The second-order valence-electron chi connectivity index (χ2n) is 6.80. The van der Waals surface area contributed by atoms with Crippen LogP contribution in [-0.2, 0) is 4.79 Å². The van der Waals surface area contributed by atoms with E-state index in [4.69, 9.17) is 0 Å². The topological polar surface area (TPSA) is 49.4 Å². The Morgan fingerprint density at radius 2 is 1.83 bits per heavy atom. The smallest absolute Gasteiger partial charge is 0.255 e. The fraction of sp³-hybridized carbons (Fsp3) is 0.130. The van der Waals surface area contributed by atoms with Crippen LogP contribution in [0.4, 0.5) is 15.8 Å². The van der Waals surface area contributed by atoms with Crippen molar-refractivity contribution >= 4 is 35.0 Å². The van der Waals surface area contributed by atoms with Gasteiger partial charge in [0.1, 0.15) is 11.2 Å². The SMILES string of the molecule is Cc1ccccc1C(=O)Nc1ccc(C2SCC(=O)N2c2cccc(F)c2)cc1. The summed E-state index contributed by atoms with van der Waals surface area (Å²) >= 11 is 1.50. The molecule has 0 aliphatic carbocycles. The fourth-order valence-electron chi connectivity index (χ4n) is 3.33. The number of anilines is 2. The van der Waals surface area contributed by atoms with Crippen LogP contribution in [0.5, 0.6) is 0 Å². The molecule has 29 heavy (non-hydrogen) atoms. The minimum atomic E-state index is -0.375. The maximum Gasteiger partial charge on any atom is 0.255 e. The number of carbonyl (C=O) groups excluding carboxylic acids is 2. The van der Waals surface area contributed by atoms with Crippen LogP contribution < -0.4 is 10.2 Å². The van der Waals surface area contributed by atoms with Gasteiger partial charge in [-0.2, -0.15) is 0 Å². The molecule has 1 aliphatic rings. The molecule has 146 valence electrons. The Balaban J connectivity index is 1.53. The molecule has 6 heteroatoms. The lowest BCUT2D eigenvalue weighted by molar-refractivity contribution is -0.115. The van der Waals surface area contributed by atoms with Gasteiger partial charge in [0.25, 0.3) is 5.91 Å². The summed E-state index contributed by atoms with van der Waals surface area (Å²) < 4.78 is 13.6. The van der Waals surface area contributed by atoms with Crippen molar-refractivity contribution in [2.45, 2.75) is 12.3 Å². The van der Waals surface area contributed by atoms with E-state index in [1.807, 2.05) is 49.4 Å². The van der Waals surface area contributed by atoms with Gasteiger partial charge in [-0.25, -0.2) is 4.39 Å². The maximum atomic E-state index is 13.6. The fourth-order valence-corrected chi connectivity index (χ4v) is 4.51. The number of hydrogen-bond donors (Lipinski definition) is 1. The number of amides is 2. The van der Waals surface area contributed by atoms with Crippen molar-refractivity contribution < 1.29 is 14.0 Å². The van der Waals surface area contributed by atoms with Gasteiger partial charge < -0.3 is 5.32 Å². The number of benzene rings is 3. The number of carbonyl (C=O) groups is 2. The van der Waals surface area contributed by atoms with Gasteiger partial charge in [0, 0.05) is 16.9 Å². The van der Waals surface area contributed by atoms with E-state index < -0.39 is 0 Å². The van der Waals surface area contributed by atoms with Crippen molar-refractivity contribution in [2.24, 2.45) is 0 Å². The van der Waals surface area contributed by atoms with Crippen molar-refractivity contribution in [3.8, 4) is 0 Å². The number of aryl methyl sites for hydroxylation is 1. The largest absolute Gasteiger partial charge is 0.322 e. The molecule has 4 nitrogen and oxygen atoms in total. The predicted octanol–water partition coefficient (Wildman–Crippen LogP) is 5.17. The molecule has 3 aromatic carbocycles. The summed E-state index contributed by atoms with van der Waals surface area (Å²) in [5.74, 6) is -0.252. The third kappa shape index (κ3) is 4.03. The first-order valence-electron chi connectivity index (χ1n) is 9.19. The second-order valence-corrected chi connectivity index (χ2v) is 7.87. The van der Waals surface area contributed by atoms with Gasteiger partial charge in [-0.3, -0.25) is 14.5 Å². The minimum Gasteiger partial charge on any atom is -0.322 e. The monoisotopic (exact) mass is 406 g/mol. The van der Waals surface area contributed by atoms with Crippen LogP contribution in [0.25, 0.3) is 0 Å². The van der Waals surface area contributed by atoms with Gasteiger partial charge in [-0.1, -0.05) is 36.4 Å². The zero-order chi connectivity index (χ0) is 20.4. The Morgan fingerprint density at radius 3 is 2.55 bits per heavy atom. The van der Waals surface area contributed by atoms with Gasteiger partial charge in [-0.05, 0) is 54.4 Å². The van der Waals surface area contributed by atoms with Gasteiger partial charge >= 0.3 is 0 Å². The molecule has 1 saturated heterocycles. The molecule has 0 aromatic heterocycles. The van der Waals surface area contributed by atoms with Crippen LogP contribution in [0, 0.1) is 12.7 Å². The van der Waals surface area contributed by atoms with Gasteiger partial charge in [0.2, 0.25) is 5.91 Å². The Labute approximate surface area is 172 Å². The normalized spacial score (nSPS) is 16.1. The molecule has 1 atom stereocenters. The highest BCUT2D eigenvalue weighted by Crippen LogP contribution is 2.42. The maximum absolute atomic E-state index is 13.6. The first-order valence-corrected chi connectivity index (χ1v) is 10.2. The molecule has 1 heterocycles. The van der Waals surface area contributed by atoms with E-state index in [-0.39, 0.29) is 23.0 Å². The summed E-state index contributed by atoms with van der Waals surface area (Å²) in [5.41, 5.74) is 3.67. The van der Waals surface area contributed by atoms with E-state index in [0.717, 1.165) is 11.1 Å². The molecule has 1 N–H and O–H groups in total. The Kier molecular flexibility index (Phi) is 5.36. The van der Waals surface area contributed by atoms with Crippen LogP contribution >= 0.6 is 11.8 Å². The number of halogens is 1. The molecular formula is C23H19FN2O2S. The molecule has 0 radical (unpaired) electrons. The van der Waals surface area contributed by atoms with Crippen molar-refractivity contribution in [3.63, 3.8) is 0 Å². The Bertz CT molecular complexity index is 1070. The summed E-state index contributed by atoms with van der Waals surface area (Å²) in [4.78, 5) is 26.5. The molecule has 0 saturated carbocycles. The highest BCUT2D eigenvalue weighted by molar-refractivity contribution is 8.00. The highest BCUT2D eigenvalue weighted by Gasteiger charge is 2.34. The third-order valence-electron chi connectivity index (χ3n) is 4.80. The summed E-state index contributed by atoms with van der Waals surface area (Å²) in [6.45, 7) is 1.90. The lowest BCUT2D eigenvalue weighted by atomic mass is 10.1. The summed E-state index contributed by atoms with van der Waals surface area (Å²) in [6, 6.07) is 20.9. The van der Waals surface area contributed by atoms with E-state index in [1.165, 1.54) is 23.9 Å². The lowest BCUT2D eigenvalue weighted by Crippen LogP contribution is -2.27. The van der Waals surface area contributed by atoms with Crippen molar-refractivity contribution in [3.05, 3.63) is 95.3 Å². The summed E-state index contributed by atoms with van der Waals surface area (Å²) in [6.07, 6.45) is 0. The molecule has 1 fully saturated rings. The predicted molar refractivity (Wildman–Crippen MR) is 115 cm³/mol. The first kappa shape index (κ1) is 19.2. The van der Waals surface area contributed by atoms with Gasteiger partial charge in [0.05, 0.1) is 5.75 Å². The molecular weight excluding hydrogens is 387 g/mol. The standard InChI is InChI=1S/C23H19FN2O2S/c1-15-5-2-3-8-20(15)22(28)25-18-11-9-16(10-12-18)23-26(21(27)14-29-23)19-7-4-6-17(24)13-19/h2-13,23H,14H2,1H3,(H,25,28). The van der Waals surface area contributed by atoms with E-state index in [9.17, 15) is 14.0 Å². The van der Waals surface area contributed by atoms with Crippen LogP contribution in [0.1, 0.15) is 26.9 Å². The first-order chi connectivity index (χ1) is 14.0. The van der Waals surface area contributed by atoms with Crippen LogP contribution in [0.2, 0.25) is 0 Å². The van der Waals surface area contributed by atoms with E-state index >= 15 is 0 Å². The second kappa shape index (κ2) is 8.09. The quantitative estimate of drug-likeness (QED) is 0.651. The van der Waals surface area contributed by atoms with Gasteiger partial charge in [-0.15, -0.1) is 11.8 Å². The van der Waals surface area contributed by atoms with Crippen molar-refractivity contribution in [1.29, 1.82) is 0 Å². The number of nitrogens with one attached hydrogen (secondary N) is 1. The lowest BCUT2D eigenvalue weighted by Gasteiger charge is -2.24. The van der Waals surface area contributed by atoms with E-state index in [1.54, 1.807) is 23.1 Å². The molecule has 0 bridgehead atoms. The highest BCUT2D eigenvalue weighted by atomic mass is 32.2. The Morgan fingerprint density at radius 1 is 1.07 bits per heavy atom. The molecule has 3 aromatic rings. The molecule has 1 unspecified atom stereocenters. The van der Waals surface area contributed by atoms with Crippen LogP contribution in [0.3, 0.4) is 0 Å². The zero-order valence-electron chi connectivity index (χ0n) is 15.8. The minimum absolute atomic E-state index is 0.0532. The number of rotatable bonds is 4. The van der Waals surface area contributed by atoms with E-state index in [2.05, 4.69) is 5.32 Å². The van der Waals surface area contributed by atoms with Gasteiger partial charge in [0.15, 0.2) is 0 Å². The average Bonchev–Trinajstić information content (AvgIpc) is 3.10. The van der Waals surface area contributed by atoms with Crippen LogP contribution in [-0.4, -0.2) is 17.6 Å². The molecule has 4 rings (SSSR count). The number of thioether (sulfide) groups is 1. The third-order valence-corrected chi connectivity index (χ3v) is 6.01. The van der Waals surface area contributed by atoms with Crippen molar-refractivity contribution in [1.82, 2.24) is 0 Å². The Hall–Kier alpha value is -3.12. The zero-order valence-corrected chi connectivity index (χ0v) is 16.6.